The van der Waals surface area contributed by atoms with Gasteiger partial charge in [0, 0.05) is 33.3 Å². The Balaban J connectivity index is 2.02. The van der Waals surface area contributed by atoms with E-state index in [9.17, 15) is 5.26 Å². The van der Waals surface area contributed by atoms with Gasteiger partial charge in [-0.05, 0) is 42.3 Å². The van der Waals surface area contributed by atoms with Crippen molar-refractivity contribution in [2.45, 2.75) is 6.42 Å². The van der Waals surface area contributed by atoms with E-state index in [4.69, 9.17) is 11.6 Å². The minimum atomic E-state index is 0.573. The number of aromatic nitrogens is 1. The fraction of sp³-hybridized carbons (Fsp3) is 0.111. The zero-order valence-electron chi connectivity index (χ0n) is 12.1. The summed E-state index contributed by atoms with van der Waals surface area (Å²) in [5, 5.41) is 11.2. The molecule has 4 rings (SSSR count). The van der Waals surface area contributed by atoms with E-state index in [0.29, 0.717) is 10.6 Å². The number of hydrogen-bond acceptors (Lipinski definition) is 3. The molecule has 0 saturated heterocycles. The van der Waals surface area contributed by atoms with Crippen molar-refractivity contribution in [3.05, 3.63) is 63.2 Å². The van der Waals surface area contributed by atoms with Crippen LogP contribution in [-0.2, 0) is 6.42 Å². The Morgan fingerprint density at radius 2 is 2.09 bits per heavy atom. The molecule has 0 saturated carbocycles. The van der Waals surface area contributed by atoms with E-state index < -0.39 is 0 Å². The average molecular weight is 385 g/mol. The summed E-state index contributed by atoms with van der Waals surface area (Å²) in [4.78, 5) is 6.58. The number of benzene rings is 2. The topological polar surface area (TPSA) is 39.9 Å². The van der Waals surface area contributed by atoms with Gasteiger partial charge in [-0.2, -0.15) is 5.26 Å². The number of halogens is 2. The van der Waals surface area contributed by atoms with Crippen molar-refractivity contribution in [2.75, 3.05) is 11.4 Å². The molecule has 23 heavy (non-hydrogen) atoms. The number of nitriles is 1. The molecule has 0 atom stereocenters. The van der Waals surface area contributed by atoms with Crippen LogP contribution in [0, 0.1) is 11.3 Å². The Morgan fingerprint density at radius 3 is 2.91 bits per heavy atom. The fourth-order valence-electron chi connectivity index (χ4n) is 3.11. The number of nitrogens with zero attached hydrogens (tertiary/aromatic N) is 3. The van der Waals surface area contributed by atoms with Gasteiger partial charge in [-0.25, -0.2) is 0 Å². The minimum Gasteiger partial charge on any atom is -0.339 e. The van der Waals surface area contributed by atoms with Crippen molar-refractivity contribution >= 4 is 49.8 Å². The molecule has 0 N–H and O–H groups in total. The lowest BCUT2D eigenvalue weighted by Crippen LogP contribution is -2.15. The molecule has 2 aromatic carbocycles. The molecule has 1 aliphatic heterocycles. The molecular formula is C18H11BrClN3. The molecule has 0 fully saturated rings. The lowest BCUT2D eigenvalue weighted by Gasteiger charge is -2.22. The van der Waals surface area contributed by atoms with Gasteiger partial charge >= 0.3 is 0 Å². The first-order valence-corrected chi connectivity index (χ1v) is 8.39. The van der Waals surface area contributed by atoms with Crippen molar-refractivity contribution in [1.29, 1.82) is 5.26 Å². The zero-order valence-corrected chi connectivity index (χ0v) is 14.4. The summed E-state index contributed by atoms with van der Waals surface area (Å²) in [6, 6.07) is 14.1. The maximum atomic E-state index is 9.56. The van der Waals surface area contributed by atoms with Gasteiger partial charge in [0.1, 0.15) is 6.07 Å². The first kappa shape index (κ1) is 14.5. The van der Waals surface area contributed by atoms with Crippen molar-refractivity contribution in [3.8, 4) is 6.07 Å². The Bertz CT molecular complexity index is 978. The number of hydrogen-bond donors (Lipinski definition) is 0. The maximum absolute atomic E-state index is 9.56. The Morgan fingerprint density at radius 1 is 1.22 bits per heavy atom. The highest BCUT2D eigenvalue weighted by molar-refractivity contribution is 9.10. The molecule has 3 nitrogen and oxygen atoms in total. The Labute approximate surface area is 147 Å². The summed E-state index contributed by atoms with van der Waals surface area (Å²) in [7, 11) is 0. The van der Waals surface area contributed by atoms with Gasteiger partial charge < -0.3 is 4.90 Å². The number of fused-ring (bicyclic) bond motifs is 2. The monoisotopic (exact) mass is 383 g/mol. The SMILES string of the molecule is N#Cc1cnc2ccc(Br)cc2c1N1CCc2ccc(Cl)cc21. The van der Waals surface area contributed by atoms with Crippen LogP contribution in [0.3, 0.4) is 0 Å². The van der Waals surface area contributed by atoms with Crippen LogP contribution >= 0.6 is 27.5 Å². The molecule has 1 aliphatic rings. The lowest BCUT2D eigenvalue weighted by molar-refractivity contribution is 0.999. The highest BCUT2D eigenvalue weighted by atomic mass is 79.9. The molecule has 0 bridgehead atoms. The van der Waals surface area contributed by atoms with Gasteiger partial charge in [0.2, 0.25) is 0 Å². The standard InChI is InChI=1S/C18H11BrClN3/c19-13-2-4-16-15(7-13)18(12(9-21)10-22-16)23-6-5-11-1-3-14(20)8-17(11)23/h1-4,7-8,10H,5-6H2. The van der Waals surface area contributed by atoms with E-state index in [2.05, 4.69) is 37.9 Å². The largest absolute Gasteiger partial charge is 0.339 e. The minimum absolute atomic E-state index is 0.573. The van der Waals surface area contributed by atoms with Gasteiger partial charge in [0.15, 0.2) is 0 Å². The molecule has 112 valence electrons. The predicted molar refractivity (Wildman–Crippen MR) is 96.3 cm³/mol. The molecule has 0 spiro atoms. The molecule has 0 amide bonds. The molecule has 1 aromatic heterocycles. The molecule has 5 heteroatoms. The van der Waals surface area contributed by atoms with E-state index >= 15 is 0 Å². The third kappa shape index (κ3) is 2.37. The van der Waals surface area contributed by atoms with Gasteiger partial charge in [-0.15, -0.1) is 0 Å². The van der Waals surface area contributed by atoms with Crippen LogP contribution in [0.2, 0.25) is 5.02 Å². The smallest absolute Gasteiger partial charge is 0.103 e. The second-order valence-electron chi connectivity index (χ2n) is 5.47. The van der Waals surface area contributed by atoms with Gasteiger partial charge in [0.05, 0.1) is 16.8 Å². The van der Waals surface area contributed by atoms with E-state index in [0.717, 1.165) is 39.7 Å². The molecule has 3 aromatic rings. The van der Waals surface area contributed by atoms with E-state index in [1.165, 1.54) is 5.56 Å². The van der Waals surface area contributed by atoms with Crippen molar-refractivity contribution in [1.82, 2.24) is 4.98 Å². The molecule has 0 unspecified atom stereocenters. The van der Waals surface area contributed by atoms with Gasteiger partial charge in [-0.3, -0.25) is 4.98 Å². The number of anilines is 2. The van der Waals surface area contributed by atoms with E-state index in [-0.39, 0.29) is 0 Å². The summed E-state index contributed by atoms with van der Waals surface area (Å²) in [5.74, 6) is 0. The van der Waals surface area contributed by atoms with Crippen LogP contribution < -0.4 is 4.90 Å². The van der Waals surface area contributed by atoms with Crippen LogP contribution in [0.4, 0.5) is 11.4 Å². The Kier molecular flexibility index (Phi) is 3.48. The second kappa shape index (κ2) is 5.52. The average Bonchev–Trinajstić information content (AvgIpc) is 2.96. The quantitative estimate of drug-likeness (QED) is 0.578. The van der Waals surface area contributed by atoms with Crippen molar-refractivity contribution in [2.24, 2.45) is 0 Å². The number of rotatable bonds is 1. The fourth-order valence-corrected chi connectivity index (χ4v) is 3.64. The van der Waals surface area contributed by atoms with Crippen LogP contribution in [0.5, 0.6) is 0 Å². The predicted octanol–water partition coefficient (Wildman–Crippen LogP) is 5.22. The van der Waals surface area contributed by atoms with E-state index in [1.807, 2.05) is 30.3 Å². The summed E-state index contributed by atoms with van der Waals surface area (Å²) < 4.78 is 0.966. The second-order valence-corrected chi connectivity index (χ2v) is 6.82. The van der Waals surface area contributed by atoms with Crippen LogP contribution in [0.25, 0.3) is 10.9 Å². The third-order valence-corrected chi connectivity index (χ3v) is 4.86. The van der Waals surface area contributed by atoms with Crippen LogP contribution in [-0.4, -0.2) is 11.5 Å². The van der Waals surface area contributed by atoms with Gasteiger partial charge in [-0.1, -0.05) is 33.6 Å². The summed E-state index contributed by atoms with van der Waals surface area (Å²) >= 11 is 9.70. The van der Waals surface area contributed by atoms with Crippen LogP contribution in [0.15, 0.2) is 47.1 Å². The van der Waals surface area contributed by atoms with E-state index in [1.54, 1.807) is 6.20 Å². The van der Waals surface area contributed by atoms with Gasteiger partial charge in [0.25, 0.3) is 0 Å². The zero-order chi connectivity index (χ0) is 16.0. The summed E-state index contributed by atoms with van der Waals surface area (Å²) in [6.07, 6.45) is 2.59. The molecular weight excluding hydrogens is 374 g/mol. The van der Waals surface area contributed by atoms with Crippen LogP contribution in [0.1, 0.15) is 11.1 Å². The maximum Gasteiger partial charge on any atom is 0.103 e. The molecule has 0 radical (unpaired) electrons. The number of pyridine rings is 1. The highest BCUT2D eigenvalue weighted by Crippen LogP contribution is 2.41. The third-order valence-electron chi connectivity index (χ3n) is 4.13. The first-order chi connectivity index (χ1) is 11.2. The first-order valence-electron chi connectivity index (χ1n) is 7.22. The highest BCUT2D eigenvalue weighted by Gasteiger charge is 2.25. The summed E-state index contributed by atoms with van der Waals surface area (Å²) in [6.45, 7) is 0.829. The molecule has 0 aliphatic carbocycles. The summed E-state index contributed by atoms with van der Waals surface area (Å²) in [5.41, 5.74) is 4.67. The normalized spacial score (nSPS) is 13.2. The lowest BCUT2D eigenvalue weighted by atomic mass is 10.1. The van der Waals surface area contributed by atoms with Crippen molar-refractivity contribution in [3.63, 3.8) is 0 Å². The molecule has 2 heterocycles. The van der Waals surface area contributed by atoms with Crippen molar-refractivity contribution < 1.29 is 0 Å². The Hall–Kier alpha value is -2.09.